The minimum atomic E-state index is 0.524. The summed E-state index contributed by atoms with van der Waals surface area (Å²) >= 11 is 0. The monoisotopic (exact) mass is 143 g/mol. The minimum absolute atomic E-state index is 0.524. The number of rotatable bonds is 3. The maximum Gasteiger partial charge on any atom is 0.0971 e. The van der Waals surface area contributed by atoms with Gasteiger partial charge in [0.2, 0.25) is 0 Å². The molecule has 0 amide bonds. The summed E-state index contributed by atoms with van der Waals surface area (Å²) in [5.74, 6) is 0. The van der Waals surface area contributed by atoms with Gasteiger partial charge in [0.05, 0.1) is 18.0 Å². The third-order valence-electron chi connectivity index (χ3n) is 1.15. The molecule has 0 rings (SSSR count). The van der Waals surface area contributed by atoms with Gasteiger partial charge in [-0.1, -0.05) is 5.16 Å². The molecule has 10 heavy (non-hydrogen) atoms. The lowest BCUT2D eigenvalue weighted by Gasteiger charge is -1.94. The number of nitrogens with two attached hydrogens (primary N) is 1. The molecule has 0 saturated heterocycles. The molecule has 0 aromatic heterocycles. The van der Waals surface area contributed by atoms with Crippen LogP contribution in [0.3, 0.4) is 0 Å². The van der Waals surface area contributed by atoms with Gasteiger partial charge in [0, 0.05) is 6.54 Å². The first-order chi connectivity index (χ1) is 4.72. The summed E-state index contributed by atoms with van der Waals surface area (Å²) in [5, 5.41) is 11.3. The average Bonchev–Trinajstić information content (AvgIpc) is 1.98. The lowest BCUT2D eigenvalue weighted by atomic mass is 10.3. The van der Waals surface area contributed by atoms with E-state index in [9.17, 15) is 0 Å². The lowest BCUT2D eigenvalue weighted by Crippen LogP contribution is -2.10. The molecule has 58 valence electrons. The van der Waals surface area contributed by atoms with Gasteiger partial charge in [-0.25, -0.2) is 0 Å². The number of oxime groups is 1. The molecule has 0 radical (unpaired) electrons. The zero-order valence-corrected chi connectivity index (χ0v) is 6.33. The molecule has 0 bridgehead atoms. The van der Waals surface area contributed by atoms with Crippen LogP contribution in [0.25, 0.3) is 0 Å². The summed E-state index contributed by atoms with van der Waals surface area (Å²) in [7, 11) is 0. The van der Waals surface area contributed by atoms with Crippen LogP contribution in [0.2, 0.25) is 0 Å². The standard InChI is InChI=1S/C6H13N3O/c1-5(6(2)9-10)8-4-3-7/h10H,3-4,7H2,1-2H3/b8-5?,9-6+. The Morgan fingerprint density at radius 2 is 2.00 bits per heavy atom. The van der Waals surface area contributed by atoms with Crippen molar-refractivity contribution in [2.45, 2.75) is 13.8 Å². The molecule has 0 fully saturated rings. The first-order valence-corrected chi connectivity index (χ1v) is 3.12. The van der Waals surface area contributed by atoms with E-state index in [4.69, 9.17) is 10.9 Å². The predicted octanol–water partition coefficient (Wildman–Crippen LogP) is 0.256. The second-order valence-electron chi connectivity index (χ2n) is 1.94. The fourth-order valence-corrected chi connectivity index (χ4v) is 0.419. The van der Waals surface area contributed by atoms with Crippen LogP contribution >= 0.6 is 0 Å². The lowest BCUT2D eigenvalue weighted by molar-refractivity contribution is 0.320. The number of hydrogen-bond acceptors (Lipinski definition) is 4. The van der Waals surface area contributed by atoms with E-state index in [2.05, 4.69) is 10.1 Å². The SMILES string of the molecule is CC(=NCCN)/C(C)=N/O. The van der Waals surface area contributed by atoms with E-state index in [0.29, 0.717) is 18.8 Å². The van der Waals surface area contributed by atoms with Crippen molar-refractivity contribution in [2.75, 3.05) is 13.1 Å². The summed E-state index contributed by atoms with van der Waals surface area (Å²) in [6.07, 6.45) is 0. The molecule has 4 heteroatoms. The summed E-state index contributed by atoms with van der Waals surface area (Å²) in [5.41, 5.74) is 6.47. The second-order valence-corrected chi connectivity index (χ2v) is 1.94. The summed E-state index contributed by atoms with van der Waals surface area (Å²) in [4.78, 5) is 4.01. The van der Waals surface area contributed by atoms with Crippen LogP contribution in [-0.4, -0.2) is 29.7 Å². The van der Waals surface area contributed by atoms with Gasteiger partial charge >= 0.3 is 0 Å². The van der Waals surface area contributed by atoms with Crippen molar-refractivity contribution in [1.29, 1.82) is 0 Å². The quantitative estimate of drug-likeness (QED) is 0.338. The fourth-order valence-electron chi connectivity index (χ4n) is 0.419. The molecule has 0 aromatic rings. The van der Waals surface area contributed by atoms with Crippen molar-refractivity contribution in [3.63, 3.8) is 0 Å². The van der Waals surface area contributed by atoms with Crippen LogP contribution in [0.1, 0.15) is 13.8 Å². The van der Waals surface area contributed by atoms with Gasteiger partial charge in [0.15, 0.2) is 0 Å². The van der Waals surface area contributed by atoms with E-state index in [0.717, 1.165) is 5.71 Å². The molecule has 0 aliphatic carbocycles. The van der Waals surface area contributed by atoms with Crippen LogP contribution in [0.15, 0.2) is 10.1 Å². The largest absolute Gasteiger partial charge is 0.411 e. The van der Waals surface area contributed by atoms with Gasteiger partial charge in [-0.3, -0.25) is 4.99 Å². The summed E-state index contributed by atoms with van der Waals surface area (Å²) in [6.45, 7) is 4.58. The minimum Gasteiger partial charge on any atom is -0.411 e. The summed E-state index contributed by atoms with van der Waals surface area (Å²) < 4.78 is 0. The molecule has 0 atom stereocenters. The number of aliphatic imine (C=N–C) groups is 1. The van der Waals surface area contributed by atoms with Crippen molar-refractivity contribution in [3.8, 4) is 0 Å². The van der Waals surface area contributed by atoms with E-state index >= 15 is 0 Å². The van der Waals surface area contributed by atoms with E-state index in [-0.39, 0.29) is 0 Å². The Kier molecular flexibility index (Phi) is 4.49. The van der Waals surface area contributed by atoms with E-state index in [1.165, 1.54) is 0 Å². The van der Waals surface area contributed by atoms with Crippen molar-refractivity contribution in [2.24, 2.45) is 15.9 Å². The van der Waals surface area contributed by atoms with Crippen LogP contribution in [0, 0.1) is 0 Å². The zero-order chi connectivity index (χ0) is 7.98. The molecule has 0 spiro atoms. The molecule has 0 aromatic carbocycles. The first kappa shape index (κ1) is 9.10. The van der Waals surface area contributed by atoms with Crippen molar-refractivity contribution < 1.29 is 5.21 Å². The van der Waals surface area contributed by atoms with Gasteiger partial charge < -0.3 is 10.9 Å². The Balaban J connectivity index is 3.93. The first-order valence-electron chi connectivity index (χ1n) is 3.12. The third-order valence-corrected chi connectivity index (χ3v) is 1.15. The Bertz CT molecular complexity index is 151. The molecule has 4 nitrogen and oxygen atoms in total. The molecule has 3 N–H and O–H groups in total. The third kappa shape index (κ3) is 3.19. The van der Waals surface area contributed by atoms with Gasteiger partial charge in [0.25, 0.3) is 0 Å². The molecule has 0 heterocycles. The Morgan fingerprint density at radius 3 is 2.40 bits per heavy atom. The van der Waals surface area contributed by atoms with E-state index in [1.807, 2.05) is 0 Å². The van der Waals surface area contributed by atoms with Crippen LogP contribution in [0.4, 0.5) is 0 Å². The van der Waals surface area contributed by atoms with Gasteiger partial charge in [-0.05, 0) is 13.8 Å². The van der Waals surface area contributed by atoms with Crippen molar-refractivity contribution >= 4 is 11.4 Å². The van der Waals surface area contributed by atoms with Gasteiger partial charge in [-0.2, -0.15) is 0 Å². The van der Waals surface area contributed by atoms with E-state index < -0.39 is 0 Å². The highest BCUT2D eigenvalue weighted by atomic mass is 16.4. The number of hydrogen-bond donors (Lipinski definition) is 2. The molecule has 0 aliphatic rings. The topological polar surface area (TPSA) is 71.0 Å². The highest BCUT2D eigenvalue weighted by Crippen LogP contribution is 1.82. The molecular weight excluding hydrogens is 130 g/mol. The molecular formula is C6H13N3O. The zero-order valence-electron chi connectivity index (χ0n) is 6.33. The smallest absolute Gasteiger partial charge is 0.0971 e. The second kappa shape index (κ2) is 4.93. The molecule has 0 unspecified atom stereocenters. The van der Waals surface area contributed by atoms with E-state index in [1.54, 1.807) is 13.8 Å². The Labute approximate surface area is 60.4 Å². The van der Waals surface area contributed by atoms with Crippen molar-refractivity contribution in [3.05, 3.63) is 0 Å². The average molecular weight is 143 g/mol. The Hall–Kier alpha value is -0.900. The number of nitrogens with zero attached hydrogens (tertiary/aromatic N) is 2. The van der Waals surface area contributed by atoms with Crippen LogP contribution in [0.5, 0.6) is 0 Å². The predicted molar refractivity (Wildman–Crippen MR) is 41.9 cm³/mol. The molecule has 0 aliphatic heterocycles. The maximum absolute atomic E-state index is 8.28. The maximum atomic E-state index is 8.28. The summed E-state index contributed by atoms with van der Waals surface area (Å²) in [6, 6.07) is 0. The van der Waals surface area contributed by atoms with Crippen molar-refractivity contribution in [1.82, 2.24) is 0 Å². The van der Waals surface area contributed by atoms with Gasteiger partial charge in [-0.15, -0.1) is 0 Å². The van der Waals surface area contributed by atoms with Crippen LogP contribution in [-0.2, 0) is 0 Å². The normalized spacial score (nSPS) is 13.9. The molecule has 0 saturated carbocycles. The highest BCUT2D eigenvalue weighted by Gasteiger charge is 1.93. The highest BCUT2D eigenvalue weighted by molar-refractivity contribution is 6.40. The van der Waals surface area contributed by atoms with Gasteiger partial charge in [0.1, 0.15) is 0 Å². The Morgan fingerprint density at radius 1 is 1.40 bits per heavy atom. The fraction of sp³-hybridized carbons (Fsp3) is 0.667. The van der Waals surface area contributed by atoms with Crippen LogP contribution < -0.4 is 5.73 Å².